The largest absolute Gasteiger partial charge is 0.323 e. The fraction of sp³-hybridized carbons (Fsp3) is 0.455. The van der Waals surface area contributed by atoms with Gasteiger partial charge in [0.1, 0.15) is 0 Å². The fourth-order valence-electron chi connectivity index (χ4n) is 1.96. The van der Waals surface area contributed by atoms with Crippen molar-refractivity contribution in [3.05, 3.63) is 35.4 Å². The third-order valence-corrected chi connectivity index (χ3v) is 2.73. The van der Waals surface area contributed by atoms with Crippen LogP contribution >= 0.6 is 0 Å². The number of fused-ring (bicyclic) bond motifs is 1. The van der Waals surface area contributed by atoms with Crippen LogP contribution in [0.2, 0.25) is 0 Å². The number of nitrogens with two attached hydrogens (primary N) is 1. The minimum absolute atomic E-state index is 0.184. The third kappa shape index (κ3) is 1.74. The first-order valence-electron chi connectivity index (χ1n) is 4.79. The number of rotatable bonds is 0. The first-order valence-corrected chi connectivity index (χ1v) is 4.79. The normalized spacial score (nSPS) is 23.7. The van der Waals surface area contributed by atoms with E-state index in [9.17, 15) is 0 Å². The van der Waals surface area contributed by atoms with E-state index in [1.54, 1.807) is 0 Å². The Morgan fingerprint density at radius 1 is 1.38 bits per heavy atom. The van der Waals surface area contributed by atoms with Crippen LogP contribution in [0, 0.1) is 0 Å². The van der Waals surface area contributed by atoms with Crippen molar-refractivity contribution in [3.63, 3.8) is 0 Å². The van der Waals surface area contributed by atoms with Crippen molar-refractivity contribution in [2.45, 2.75) is 12.5 Å². The molecule has 1 aliphatic heterocycles. The van der Waals surface area contributed by atoms with Crippen LogP contribution in [0.1, 0.15) is 17.2 Å². The predicted molar refractivity (Wildman–Crippen MR) is 54.6 cm³/mol. The van der Waals surface area contributed by atoms with Gasteiger partial charge in [-0.2, -0.15) is 0 Å². The molecule has 0 aromatic heterocycles. The van der Waals surface area contributed by atoms with Gasteiger partial charge in [-0.05, 0) is 24.6 Å². The first kappa shape index (κ1) is 8.73. The Labute approximate surface area is 79.4 Å². The monoisotopic (exact) mass is 176 g/mol. The second-order valence-electron chi connectivity index (χ2n) is 3.82. The summed E-state index contributed by atoms with van der Waals surface area (Å²) in [6.45, 7) is 2.09. The van der Waals surface area contributed by atoms with Crippen molar-refractivity contribution in [2.24, 2.45) is 5.73 Å². The zero-order chi connectivity index (χ0) is 9.26. The highest BCUT2D eigenvalue weighted by molar-refractivity contribution is 5.31. The second kappa shape index (κ2) is 3.48. The molecule has 0 aliphatic carbocycles. The van der Waals surface area contributed by atoms with Gasteiger partial charge in [0.05, 0.1) is 0 Å². The molecule has 0 saturated carbocycles. The molecule has 2 nitrogen and oxygen atoms in total. The lowest BCUT2D eigenvalue weighted by Crippen LogP contribution is -2.27. The summed E-state index contributed by atoms with van der Waals surface area (Å²) in [5.41, 5.74) is 8.84. The van der Waals surface area contributed by atoms with Gasteiger partial charge in [0.25, 0.3) is 0 Å². The Morgan fingerprint density at radius 2 is 2.15 bits per heavy atom. The molecule has 1 aliphatic rings. The maximum atomic E-state index is 6.10. The zero-order valence-electron chi connectivity index (χ0n) is 8.03. The van der Waals surface area contributed by atoms with E-state index in [-0.39, 0.29) is 6.04 Å². The molecule has 0 radical (unpaired) electrons. The molecule has 0 amide bonds. The van der Waals surface area contributed by atoms with Crippen LogP contribution in [-0.2, 0) is 6.42 Å². The summed E-state index contributed by atoms with van der Waals surface area (Å²) < 4.78 is 0. The molecule has 2 rings (SSSR count). The molecular weight excluding hydrogens is 160 g/mol. The summed E-state index contributed by atoms with van der Waals surface area (Å²) in [5, 5.41) is 0. The van der Waals surface area contributed by atoms with Gasteiger partial charge in [-0.15, -0.1) is 0 Å². The molecular formula is C11H16N2. The molecule has 2 N–H and O–H groups in total. The Hall–Kier alpha value is -0.860. The van der Waals surface area contributed by atoms with Gasteiger partial charge >= 0.3 is 0 Å². The number of nitrogens with zero attached hydrogens (tertiary/aromatic N) is 1. The van der Waals surface area contributed by atoms with E-state index in [1.807, 2.05) is 0 Å². The van der Waals surface area contributed by atoms with Crippen LogP contribution in [0.4, 0.5) is 0 Å². The van der Waals surface area contributed by atoms with Gasteiger partial charge in [0.2, 0.25) is 0 Å². The van der Waals surface area contributed by atoms with Gasteiger partial charge in [-0.1, -0.05) is 24.3 Å². The highest BCUT2D eigenvalue weighted by Crippen LogP contribution is 2.20. The van der Waals surface area contributed by atoms with E-state index < -0.39 is 0 Å². The van der Waals surface area contributed by atoms with Crippen molar-refractivity contribution in [1.29, 1.82) is 0 Å². The summed E-state index contributed by atoms with van der Waals surface area (Å²) >= 11 is 0. The standard InChI is InChI=1S/C11H16N2/c1-13-7-6-9-4-2-3-5-10(9)11(12)8-13/h2-5,11H,6-8,12H2,1H3. The van der Waals surface area contributed by atoms with Crippen molar-refractivity contribution >= 4 is 0 Å². The Kier molecular flexibility index (Phi) is 2.34. The predicted octanol–water partition coefficient (Wildman–Crippen LogP) is 1.17. The summed E-state index contributed by atoms with van der Waals surface area (Å²) in [4.78, 5) is 2.30. The van der Waals surface area contributed by atoms with Gasteiger partial charge < -0.3 is 10.6 Å². The zero-order valence-corrected chi connectivity index (χ0v) is 8.03. The Morgan fingerprint density at radius 3 is 3.00 bits per heavy atom. The highest BCUT2D eigenvalue weighted by atomic mass is 15.1. The molecule has 0 bridgehead atoms. The molecule has 1 aromatic rings. The lowest BCUT2D eigenvalue weighted by atomic mass is 10.0. The van der Waals surface area contributed by atoms with Crippen LogP contribution in [0.3, 0.4) is 0 Å². The number of likely N-dealkylation sites (N-methyl/N-ethyl adjacent to an activating group) is 1. The quantitative estimate of drug-likeness (QED) is 0.643. The number of hydrogen-bond donors (Lipinski definition) is 1. The molecule has 0 saturated heterocycles. The average molecular weight is 176 g/mol. The third-order valence-electron chi connectivity index (χ3n) is 2.73. The van der Waals surface area contributed by atoms with E-state index >= 15 is 0 Å². The summed E-state index contributed by atoms with van der Waals surface area (Å²) in [6, 6.07) is 8.69. The Balaban J connectivity index is 2.35. The lowest BCUT2D eigenvalue weighted by molar-refractivity contribution is 0.328. The molecule has 2 heteroatoms. The summed E-state index contributed by atoms with van der Waals surface area (Å²) in [7, 11) is 2.13. The smallest absolute Gasteiger partial charge is 0.0426 e. The minimum atomic E-state index is 0.184. The van der Waals surface area contributed by atoms with E-state index in [1.165, 1.54) is 11.1 Å². The average Bonchev–Trinajstić information content (AvgIpc) is 2.27. The first-order chi connectivity index (χ1) is 6.27. The molecule has 1 heterocycles. The topological polar surface area (TPSA) is 29.3 Å². The number of hydrogen-bond acceptors (Lipinski definition) is 2. The van der Waals surface area contributed by atoms with E-state index in [4.69, 9.17) is 5.73 Å². The molecule has 0 spiro atoms. The van der Waals surface area contributed by atoms with E-state index in [0.717, 1.165) is 19.5 Å². The number of benzene rings is 1. The van der Waals surface area contributed by atoms with Crippen molar-refractivity contribution in [1.82, 2.24) is 4.90 Å². The lowest BCUT2D eigenvalue weighted by Gasteiger charge is -2.16. The maximum absolute atomic E-state index is 6.10. The van der Waals surface area contributed by atoms with Crippen molar-refractivity contribution < 1.29 is 0 Å². The minimum Gasteiger partial charge on any atom is -0.323 e. The fourth-order valence-corrected chi connectivity index (χ4v) is 1.96. The molecule has 1 aromatic carbocycles. The van der Waals surface area contributed by atoms with Crippen molar-refractivity contribution in [3.8, 4) is 0 Å². The molecule has 1 atom stereocenters. The van der Waals surface area contributed by atoms with Crippen LogP contribution in [0.5, 0.6) is 0 Å². The summed E-state index contributed by atoms with van der Waals surface area (Å²) in [5.74, 6) is 0. The SMILES string of the molecule is CN1CCc2ccccc2C(N)C1. The highest BCUT2D eigenvalue weighted by Gasteiger charge is 2.16. The van der Waals surface area contributed by atoms with Gasteiger partial charge in [-0.25, -0.2) is 0 Å². The molecule has 1 unspecified atom stereocenters. The maximum Gasteiger partial charge on any atom is 0.0426 e. The van der Waals surface area contributed by atoms with E-state index in [2.05, 4.69) is 36.2 Å². The van der Waals surface area contributed by atoms with Crippen LogP contribution < -0.4 is 5.73 Å². The Bertz CT molecular complexity index is 296. The second-order valence-corrected chi connectivity index (χ2v) is 3.82. The van der Waals surface area contributed by atoms with E-state index in [0.29, 0.717) is 0 Å². The summed E-state index contributed by atoms with van der Waals surface area (Å²) in [6.07, 6.45) is 1.13. The van der Waals surface area contributed by atoms with Crippen LogP contribution in [0.25, 0.3) is 0 Å². The van der Waals surface area contributed by atoms with Crippen LogP contribution in [-0.4, -0.2) is 25.0 Å². The van der Waals surface area contributed by atoms with Gasteiger partial charge in [0.15, 0.2) is 0 Å². The van der Waals surface area contributed by atoms with Gasteiger partial charge in [0, 0.05) is 19.1 Å². The molecule has 13 heavy (non-hydrogen) atoms. The van der Waals surface area contributed by atoms with Crippen LogP contribution in [0.15, 0.2) is 24.3 Å². The molecule has 70 valence electrons. The molecule has 0 fully saturated rings. The van der Waals surface area contributed by atoms with Crippen molar-refractivity contribution in [2.75, 3.05) is 20.1 Å². The van der Waals surface area contributed by atoms with Gasteiger partial charge in [-0.3, -0.25) is 0 Å².